The first kappa shape index (κ1) is 17.5. The van der Waals surface area contributed by atoms with Crippen LogP contribution in [0.25, 0.3) is 0 Å². The molecule has 0 spiro atoms. The summed E-state index contributed by atoms with van der Waals surface area (Å²) in [4.78, 5) is 23.2. The zero-order chi connectivity index (χ0) is 17.5. The molecule has 1 N–H and O–H groups in total. The first-order valence-corrected chi connectivity index (χ1v) is 9.34. The van der Waals surface area contributed by atoms with E-state index in [1.165, 1.54) is 24.6 Å². The third kappa shape index (κ3) is 4.85. The molecule has 0 bridgehead atoms. The molecule has 0 saturated carbocycles. The van der Waals surface area contributed by atoms with Crippen molar-refractivity contribution in [3.63, 3.8) is 0 Å². The van der Waals surface area contributed by atoms with Crippen LogP contribution in [-0.4, -0.2) is 41.8 Å². The molecule has 0 atom stereocenters. The maximum Gasteiger partial charge on any atom is 0.230 e. The van der Waals surface area contributed by atoms with E-state index in [0.717, 1.165) is 30.2 Å². The fourth-order valence-corrected chi connectivity index (χ4v) is 3.40. The van der Waals surface area contributed by atoms with Crippen LogP contribution in [0.15, 0.2) is 41.7 Å². The number of nitrogens with one attached hydrogen (secondary N) is 1. The number of rotatable bonds is 7. The smallest absolute Gasteiger partial charge is 0.230 e. The lowest BCUT2D eigenvalue weighted by Crippen LogP contribution is -2.25. The second-order valence-electron chi connectivity index (χ2n) is 5.77. The van der Waals surface area contributed by atoms with E-state index >= 15 is 0 Å². The summed E-state index contributed by atoms with van der Waals surface area (Å²) in [5.74, 6) is 1.96. The molecule has 25 heavy (non-hydrogen) atoms. The van der Waals surface area contributed by atoms with Crippen LogP contribution in [0.2, 0.25) is 0 Å². The van der Waals surface area contributed by atoms with Crippen molar-refractivity contribution in [2.45, 2.75) is 24.5 Å². The maximum atomic E-state index is 12.1. The molecule has 1 aromatic heterocycles. The largest absolute Gasteiger partial charge is 0.496 e. The molecular weight excluding hydrogens is 336 g/mol. The predicted molar refractivity (Wildman–Crippen MR) is 99.0 cm³/mol. The van der Waals surface area contributed by atoms with Gasteiger partial charge in [-0.2, -0.15) is 0 Å². The first-order valence-electron chi connectivity index (χ1n) is 8.35. The van der Waals surface area contributed by atoms with E-state index in [1.807, 2.05) is 30.3 Å². The van der Waals surface area contributed by atoms with Crippen molar-refractivity contribution in [3.05, 3.63) is 42.1 Å². The van der Waals surface area contributed by atoms with Crippen LogP contribution in [0.4, 0.5) is 5.82 Å². The van der Waals surface area contributed by atoms with Gasteiger partial charge in [-0.1, -0.05) is 30.0 Å². The number of hydrogen-bond acceptors (Lipinski definition) is 6. The Hall–Kier alpha value is -2.28. The summed E-state index contributed by atoms with van der Waals surface area (Å²) < 4.78 is 5.29. The Morgan fingerprint density at radius 1 is 1.28 bits per heavy atom. The number of para-hydroxylation sites is 1. The van der Waals surface area contributed by atoms with Crippen LogP contribution in [0.1, 0.15) is 18.4 Å². The monoisotopic (exact) mass is 358 g/mol. The fourth-order valence-electron chi connectivity index (χ4n) is 2.75. The number of aromatic nitrogens is 2. The van der Waals surface area contributed by atoms with Crippen LogP contribution >= 0.6 is 11.8 Å². The Kier molecular flexibility index (Phi) is 6.11. The number of hydrogen-bond donors (Lipinski definition) is 1. The molecule has 1 amide bonds. The van der Waals surface area contributed by atoms with Crippen molar-refractivity contribution in [1.82, 2.24) is 15.3 Å². The minimum atomic E-state index is -0.0499. The second-order valence-corrected chi connectivity index (χ2v) is 6.71. The van der Waals surface area contributed by atoms with E-state index in [0.29, 0.717) is 17.5 Å². The zero-order valence-electron chi connectivity index (χ0n) is 14.3. The number of methoxy groups -OCH3 is 1. The lowest BCUT2D eigenvalue weighted by atomic mass is 10.2. The number of ether oxygens (including phenoxy) is 1. The molecule has 2 aromatic rings. The van der Waals surface area contributed by atoms with Crippen molar-refractivity contribution in [1.29, 1.82) is 0 Å². The topological polar surface area (TPSA) is 67.3 Å². The summed E-state index contributed by atoms with van der Waals surface area (Å²) in [7, 11) is 1.63. The number of carbonyl (C=O) groups excluding carboxylic acids is 1. The molecule has 0 radical (unpaired) electrons. The molecule has 1 aliphatic heterocycles. The van der Waals surface area contributed by atoms with E-state index in [4.69, 9.17) is 4.74 Å². The van der Waals surface area contributed by atoms with Gasteiger partial charge in [-0.05, 0) is 25.0 Å². The van der Waals surface area contributed by atoms with Crippen molar-refractivity contribution in [2.24, 2.45) is 0 Å². The van der Waals surface area contributed by atoms with Gasteiger partial charge in [0, 0.05) is 31.4 Å². The average Bonchev–Trinajstić information content (AvgIpc) is 3.20. The van der Waals surface area contributed by atoms with Gasteiger partial charge in [0.15, 0.2) is 5.16 Å². The van der Waals surface area contributed by atoms with Crippen LogP contribution < -0.4 is 15.0 Å². The lowest BCUT2D eigenvalue weighted by Gasteiger charge is -2.16. The van der Waals surface area contributed by atoms with Gasteiger partial charge in [0.05, 0.1) is 12.9 Å². The van der Waals surface area contributed by atoms with Gasteiger partial charge < -0.3 is 15.0 Å². The number of anilines is 1. The maximum absolute atomic E-state index is 12.1. The number of benzene rings is 1. The molecule has 2 heterocycles. The second kappa shape index (κ2) is 8.71. The molecule has 0 aliphatic carbocycles. The molecule has 6 nitrogen and oxygen atoms in total. The molecule has 0 unspecified atom stereocenters. The summed E-state index contributed by atoms with van der Waals surface area (Å²) in [6, 6.07) is 9.58. The highest BCUT2D eigenvalue weighted by atomic mass is 32.2. The van der Waals surface area contributed by atoms with Crippen molar-refractivity contribution < 1.29 is 9.53 Å². The molecule has 1 aromatic carbocycles. The van der Waals surface area contributed by atoms with Gasteiger partial charge in [-0.3, -0.25) is 4.79 Å². The molecule has 1 fully saturated rings. The molecule has 132 valence electrons. The van der Waals surface area contributed by atoms with Crippen LogP contribution in [-0.2, 0) is 11.3 Å². The Balaban J connectivity index is 1.49. The fraction of sp³-hybridized carbons (Fsp3) is 0.389. The standard InChI is InChI=1S/C18H22N4O2S/c1-24-15-7-3-2-6-14(15)12-20-17(23)13-25-18-19-9-8-16(21-18)22-10-4-5-11-22/h2-3,6-9H,4-5,10-13H2,1H3,(H,20,23). The number of nitrogens with zero attached hydrogens (tertiary/aromatic N) is 3. The van der Waals surface area contributed by atoms with Gasteiger partial charge in [0.1, 0.15) is 11.6 Å². The number of carbonyl (C=O) groups is 1. The third-order valence-electron chi connectivity index (χ3n) is 4.05. The van der Waals surface area contributed by atoms with Gasteiger partial charge in [-0.25, -0.2) is 9.97 Å². The first-order chi connectivity index (χ1) is 12.3. The minimum Gasteiger partial charge on any atom is -0.496 e. The molecule has 7 heteroatoms. The predicted octanol–water partition coefficient (Wildman–Crippen LogP) is 2.49. The van der Waals surface area contributed by atoms with Gasteiger partial charge in [0.25, 0.3) is 0 Å². The normalized spacial score (nSPS) is 13.7. The summed E-state index contributed by atoms with van der Waals surface area (Å²) >= 11 is 1.35. The lowest BCUT2D eigenvalue weighted by molar-refractivity contribution is -0.118. The average molecular weight is 358 g/mol. The van der Waals surface area contributed by atoms with Crippen LogP contribution in [0.5, 0.6) is 5.75 Å². The van der Waals surface area contributed by atoms with E-state index in [-0.39, 0.29) is 5.91 Å². The van der Waals surface area contributed by atoms with E-state index in [2.05, 4.69) is 20.2 Å². The quantitative estimate of drug-likeness (QED) is 0.606. The van der Waals surface area contributed by atoms with Crippen LogP contribution in [0, 0.1) is 0 Å². The van der Waals surface area contributed by atoms with Gasteiger partial charge in [0.2, 0.25) is 5.91 Å². The summed E-state index contributed by atoms with van der Waals surface area (Å²) in [5, 5.41) is 3.54. The van der Waals surface area contributed by atoms with Gasteiger partial charge in [-0.15, -0.1) is 0 Å². The zero-order valence-corrected chi connectivity index (χ0v) is 15.1. The Bertz CT molecular complexity index is 720. The molecule has 1 saturated heterocycles. The van der Waals surface area contributed by atoms with Crippen molar-refractivity contribution in [3.8, 4) is 5.75 Å². The number of amides is 1. The van der Waals surface area contributed by atoms with Crippen LogP contribution in [0.3, 0.4) is 0 Å². The number of thioether (sulfide) groups is 1. The summed E-state index contributed by atoms with van der Waals surface area (Å²) in [6.45, 7) is 2.53. The SMILES string of the molecule is COc1ccccc1CNC(=O)CSc1nccc(N2CCCC2)n1. The molecular formula is C18H22N4O2S. The highest BCUT2D eigenvalue weighted by Crippen LogP contribution is 2.21. The highest BCUT2D eigenvalue weighted by molar-refractivity contribution is 7.99. The Labute approximate surface area is 152 Å². The Morgan fingerprint density at radius 3 is 2.88 bits per heavy atom. The highest BCUT2D eigenvalue weighted by Gasteiger charge is 2.14. The minimum absolute atomic E-state index is 0.0499. The molecule has 3 rings (SSSR count). The van der Waals surface area contributed by atoms with E-state index in [9.17, 15) is 4.79 Å². The van der Waals surface area contributed by atoms with Crippen molar-refractivity contribution >= 4 is 23.5 Å². The van der Waals surface area contributed by atoms with Crippen molar-refractivity contribution in [2.75, 3.05) is 30.9 Å². The van der Waals surface area contributed by atoms with E-state index in [1.54, 1.807) is 13.3 Å². The van der Waals surface area contributed by atoms with Gasteiger partial charge >= 0.3 is 0 Å². The molecule has 1 aliphatic rings. The Morgan fingerprint density at radius 2 is 2.08 bits per heavy atom. The summed E-state index contributed by atoms with van der Waals surface area (Å²) in [5.41, 5.74) is 0.954. The van der Waals surface area contributed by atoms with E-state index < -0.39 is 0 Å². The third-order valence-corrected chi connectivity index (χ3v) is 4.91. The summed E-state index contributed by atoms with van der Waals surface area (Å²) in [6.07, 6.45) is 4.17.